The van der Waals surface area contributed by atoms with E-state index in [0.29, 0.717) is 6.07 Å². The lowest BCUT2D eigenvalue weighted by molar-refractivity contribution is 0.146. The molecule has 8 nitrogen and oxygen atoms in total. The van der Waals surface area contributed by atoms with Crippen molar-refractivity contribution >= 4 is 16.6 Å². The van der Waals surface area contributed by atoms with Crippen LogP contribution in [0.1, 0.15) is 5.56 Å². The number of aliphatic hydroxyl groups excluding tert-OH is 1. The highest BCUT2D eigenvalue weighted by Gasteiger charge is 2.36. The number of nitrogens with two attached hydrogens (primary N) is 1. The molecule has 11 heteroatoms. The second-order valence-corrected chi connectivity index (χ2v) is 7.22. The van der Waals surface area contributed by atoms with Crippen molar-refractivity contribution in [1.82, 2.24) is 24.3 Å². The zero-order valence-electron chi connectivity index (χ0n) is 16.0. The largest absolute Gasteiger partial charge is 0.396 e. The Hall–Kier alpha value is -3.73. The molecule has 1 unspecified atom stereocenters. The molecule has 160 valence electrons. The molecule has 1 atom stereocenters. The van der Waals surface area contributed by atoms with Gasteiger partial charge in [-0.25, -0.2) is 23.1 Å². The molecule has 0 fully saturated rings. The third-order valence-corrected chi connectivity index (χ3v) is 5.15. The Morgan fingerprint density at radius 2 is 1.87 bits per heavy atom. The third kappa shape index (κ3) is 3.75. The minimum Gasteiger partial charge on any atom is -0.396 e. The molecule has 0 saturated carbocycles. The van der Waals surface area contributed by atoms with Crippen LogP contribution in [0.4, 0.5) is 18.9 Å². The molecule has 2 heterocycles. The number of halogens is 3. The van der Waals surface area contributed by atoms with Gasteiger partial charge >= 0.3 is 0 Å². The van der Waals surface area contributed by atoms with Crippen LogP contribution in [-0.4, -0.2) is 36.0 Å². The fourth-order valence-electron chi connectivity index (χ4n) is 3.58. The summed E-state index contributed by atoms with van der Waals surface area (Å²) in [5.41, 5.74) is 3.51. The highest BCUT2D eigenvalue weighted by atomic mass is 19.1. The minimum atomic E-state index is -1.43. The number of hydrogen-bond acceptors (Lipinski definition) is 6. The summed E-state index contributed by atoms with van der Waals surface area (Å²) in [5, 5.41) is 14.3. The summed E-state index contributed by atoms with van der Waals surface area (Å²) in [6, 6.07) is 5.18. The summed E-state index contributed by atoms with van der Waals surface area (Å²) in [5.74, 6) is -2.45. The molecule has 0 saturated heterocycles. The van der Waals surface area contributed by atoms with Gasteiger partial charge in [0.05, 0.1) is 41.5 Å². The SMILES string of the molecule is Nc1cc2ncn(CC(CO)(Cn3cncn3)c3ccc(F)cc3F)c(=O)c2cc1F. The van der Waals surface area contributed by atoms with Crippen LogP contribution in [0.2, 0.25) is 0 Å². The lowest BCUT2D eigenvalue weighted by atomic mass is 9.80. The first-order valence-corrected chi connectivity index (χ1v) is 9.16. The van der Waals surface area contributed by atoms with Crippen LogP contribution < -0.4 is 11.3 Å². The van der Waals surface area contributed by atoms with Crippen molar-refractivity contribution in [2.75, 3.05) is 12.3 Å². The molecule has 4 aromatic rings. The van der Waals surface area contributed by atoms with Gasteiger partial charge in [-0.05, 0) is 18.2 Å². The van der Waals surface area contributed by atoms with Crippen molar-refractivity contribution < 1.29 is 18.3 Å². The number of hydrogen-bond donors (Lipinski definition) is 2. The maximum atomic E-state index is 14.8. The van der Waals surface area contributed by atoms with Gasteiger partial charge in [0, 0.05) is 18.2 Å². The Bertz CT molecular complexity index is 1310. The predicted molar refractivity (Wildman–Crippen MR) is 106 cm³/mol. The number of aliphatic hydroxyl groups is 1. The van der Waals surface area contributed by atoms with Gasteiger partial charge in [0.15, 0.2) is 0 Å². The van der Waals surface area contributed by atoms with Gasteiger partial charge in [0.1, 0.15) is 30.1 Å². The Morgan fingerprint density at radius 3 is 2.55 bits per heavy atom. The quantitative estimate of drug-likeness (QED) is 0.450. The van der Waals surface area contributed by atoms with Crippen molar-refractivity contribution in [3.63, 3.8) is 0 Å². The topological polar surface area (TPSA) is 112 Å². The molecule has 0 bridgehead atoms. The zero-order chi connectivity index (χ0) is 22.2. The van der Waals surface area contributed by atoms with Crippen LogP contribution in [0.25, 0.3) is 10.9 Å². The molecule has 3 N–H and O–H groups in total. The van der Waals surface area contributed by atoms with E-state index in [4.69, 9.17) is 5.73 Å². The maximum Gasteiger partial charge on any atom is 0.261 e. The van der Waals surface area contributed by atoms with Crippen molar-refractivity contribution in [1.29, 1.82) is 0 Å². The monoisotopic (exact) mass is 430 g/mol. The molecular formula is C20H17F3N6O2. The molecule has 0 aliphatic heterocycles. The van der Waals surface area contributed by atoms with Gasteiger partial charge in [0.2, 0.25) is 0 Å². The van der Waals surface area contributed by atoms with Crippen LogP contribution in [-0.2, 0) is 18.5 Å². The van der Waals surface area contributed by atoms with Gasteiger partial charge in [-0.3, -0.25) is 14.0 Å². The molecule has 4 rings (SSSR count). The average molecular weight is 430 g/mol. The van der Waals surface area contributed by atoms with Crippen molar-refractivity contribution in [2.24, 2.45) is 0 Å². The second-order valence-electron chi connectivity index (χ2n) is 7.22. The molecule has 0 spiro atoms. The Labute approximate surface area is 173 Å². The predicted octanol–water partition coefficient (Wildman–Crippen LogP) is 1.62. The number of benzene rings is 2. The average Bonchev–Trinajstić information content (AvgIpc) is 3.24. The van der Waals surface area contributed by atoms with Crippen LogP contribution in [0.3, 0.4) is 0 Å². The van der Waals surface area contributed by atoms with Gasteiger partial charge in [-0.15, -0.1) is 0 Å². The zero-order valence-corrected chi connectivity index (χ0v) is 16.0. The number of fused-ring (bicyclic) bond motifs is 1. The summed E-state index contributed by atoms with van der Waals surface area (Å²) >= 11 is 0. The first-order chi connectivity index (χ1) is 14.8. The number of aromatic nitrogens is 5. The van der Waals surface area contributed by atoms with Gasteiger partial charge in [0.25, 0.3) is 5.56 Å². The highest BCUT2D eigenvalue weighted by Crippen LogP contribution is 2.31. The van der Waals surface area contributed by atoms with E-state index in [-0.39, 0.29) is 35.2 Å². The smallest absolute Gasteiger partial charge is 0.261 e. The van der Waals surface area contributed by atoms with Gasteiger partial charge in [-0.1, -0.05) is 6.07 Å². The van der Waals surface area contributed by atoms with Gasteiger partial charge in [-0.2, -0.15) is 5.10 Å². The molecule has 0 aliphatic carbocycles. The first kappa shape index (κ1) is 20.5. The van der Waals surface area contributed by atoms with Crippen LogP contribution in [0.15, 0.2) is 54.1 Å². The molecule has 31 heavy (non-hydrogen) atoms. The van der Waals surface area contributed by atoms with E-state index in [1.807, 2.05) is 0 Å². The highest BCUT2D eigenvalue weighted by molar-refractivity contribution is 5.80. The maximum absolute atomic E-state index is 14.8. The van der Waals surface area contributed by atoms with Crippen LogP contribution in [0.5, 0.6) is 0 Å². The van der Waals surface area contributed by atoms with Crippen molar-refractivity contribution in [2.45, 2.75) is 18.5 Å². The second kappa shape index (κ2) is 7.84. The summed E-state index contributed by atoms with van der Waals surface area (Å²) in [4.78, 5) is 21.0. The molecule has 0 aliphatic rings. The van der Waals surface area contributed by atoms with E-state index in [2.05, 4.69) is 15.1 Å². The Morgan fingerprint density at radius 1 is 1.06 bits per heavy atom. The molecule has 2 aromatic heterocycles. The van der Waals surface area contributed by atoms with Gasteiger partial charge < -0.3 is 10.8 Å². The minimum absolute atomic E-state index is 0.0256. The standard InChI is InChI=1S/C20H17F3N6O2/c21-12-1-2-14(15(22)3-12)20(8-30,7-29-10-25-9-27-29)6-28-11-26-18-5-17(24)16(23)4-13(18)19(28)31/h1-5,9-11,30H,6-8,24H2. The number of anilines is 1. The van der Waals surface area contributed by atoms with E-state index in [1.54, 1.807) is 0 Å². The van der Waals surface area contributed by atoms with E-state index in [0.717, 1.165) is 16.7 Å². The Balaban J connectivity index is 1.87. The first-order valence-electron chi connectivity index (χ1n) is 9.16. The van der Waals surface area contributed by atoms with Crippen molar-refractivity contribution in [3.8, 4) is 0 Å². The number of nitrogens with zero attached hydrogens (tertiary/aromatic N) is 5. The van der Waals surface area contributed by atoms with E-state index in [1.165, 1.54) is 35.8 Å². The number of nitrogen functional groups attached to an aromatic ring is 1. The molecule has 0 amide bonds. The number of rotatable bonds is 6. The third-order valence-electron chi connectivity index (χ3n) is 5.15. The summed E-state index contributed by atoms with van der Waals surface area (Å²) in [6.45, 7) is -0.942. The molecule has 0 radical (unpaired) electrons. The fraction of sp³-hybridized carbons (Fsp3) is 0.200. The molecule has 2 aromatic carbocycles. The molecular weight excluding hydrogens is 413 g/mol. The van der Waals surface area contributed by atoms with E-state index in [9.17, 15) is 23.1 Å². The summed E-state index contributed by atoms with van der Waals surface area (Å²) in [7, 11) is 0. The van der Waals surface area contributed by atoms with E-state index >= 15 is 0 Å². The lowest BCUT2D eigenvalue weighted by Crippen LogP contribution is -2.43. The lowest BCUT2D eigenvalue weighted by Gasteiger charge is -2.33. The van der Waals surface area contributed by atoms with Crippen LogP contribution in [0, 0.1) is 17.5 Å². The normalized spacial score (nSPS) is 13.4. The summed E-state index contributed by atoms with van der Waals surface area (Å²) in [6.07, 6.45) is 3.83. The van der Waals surface area contributed by atoms with Crippen molar-refractivity contribution in [3.05, 3.63) is 82.7 Å². The van der Waals surface area contributed by atoms with Crippen LogP contribution >= 0.6 is 0 Å². The van der Waals surface area contributed by atoms with E-state index < -0.39 is 35.0 Å². The fourth-order valence-corrected chi connectivity index (χ4v) is 3.58. The Kier molecular flexibility index (Phi) is 5.19. The summed E-state index contributed by atoms with van der Waals surface area (Å²) < 4.78 is 44.7.